The first kappa shape index (κ1) is 70.7. The summed E-state index contributed by atoms with van der Waals surface area (Å²) < 4.78 is 14.3. The number of hydrogen-bond acceptors (Lipinski definition) is 13. The molecule has 8 bridgehead atoms. The van der Waals surface area contributed by atoms with Crippen LogP contribution in [0.25, 0.3) is 5.57 Å². The van der Waals surface area contributed by atoms with Crippen molar-refractivity contribution >= 4 is 69.7 Å². The highest BCUT2D eigenvalue weighted by atomic mass is 16.5. The van der Waals surface area contributed by atoms with Crippen molar-refractivity contribution in [2.24, 2.45) is 11.8 Å². The van der Waals surface area contributed by atoms with E-state index in [9.17, 15) is 38.7 Å². The van der Waals surface area contributed by atoms with Gasteiger partial charge < -0.3 is 40.7 Å². The molecule has 9 aliphatic rings. The van der Waals surface area contributed by atoms with Crippen LogP contribution in [0.2, 0.25) is 0 Å². The Morgan fingerprint density at radius 2 is 1.00 bits per heavy atom. The zero-order chi connectivity index (χ0) is 70.7. The van der Waals surface area contributed by atoms with Crippen molar-refractivity contribution in [3.05, 3.63) is 249 Å². The van der Waals surface area contributed by atoms with Gasteiger partial charge in [-0.1, -0.05) is 103 Å². The maximum atomic E-state index is 13.9. The predicted molar refractivity (Wildman–Crippen MR) is 384 cm³/mol. The Kier molecular flexibility index (Phi) is 22.6. The number of carbonyl (C=O) groups is 7. The number of esters is 2. The van der Waals surface area contributed by atoms with Crippen LogP contribution in [0.3, 0.4) is 0 Å². The molecule has 18 nitrogen and oxygen atoms in total. The number of anilines is 2. The molecule has 5 aliphatic carbocycles. The number of amides is 4. The third-order valence-corrected chi connectivity index (χ3v) is 19.6. The molecule has 516 valence electrons. The second kappa shape index (κ2) is 31.9. The van der Waals surface area contributed by atoms with Gasteiger partial charge in [-0.25, -0.2) is 19.6 Å². The lowest BCUT2D eigenvalue weighted by Crippen LogP contribution is -2.45. The van der Waals surface area contributed by atoms with Crippen molar-refractivity contribution in [3.63, 3.8) is 0 Å². The Labute approximate surface area is 585 Å². The van der Waals surface area contributed by atoms with Gasteiger partial charge in [0.05, 0.1) is 6.04 Å². The normalized spacial score (nSPS) is 21.1. The Bertz CT molecular complexity index is 4240. The average Bonchev–Trinajstić information content (AvgIpc) is 0.744. The van der Waals surface area contributed by atoms with Crippen molar-refractivity contribution < 1.29 is 52.7 Å². The Balaban J connectivity index is 0.000000218. The molecule has 4 N–H and O–H groups in total. The van der Waals surface area contributed by atoms with Crippen LogP contribution in [0.15, 0.2) is 187 Å². The lowest BCUT2D eigenvalue weighted by Gasteiger charge is -2.41. The molecule has 4 amide bonds. The number of aromatic nitrogens is 2. The molecule has 3 saturated carbocycles. The van der Waals surface area contributed by atoms with E-state index in [-0.39, 0.29) is 118 Å². The number of benzene rings is 4. The SMILES string of the molecule is C=C(C)C(=O)OC1CCCCC1N(c1ccc(C2=C([O-])C(=C3C=CC(=[N+](c4ccc(C)cc4C)C4CCCCC4OC(=O)C(=C)C)C=C3)C2=O)cc1)c1ccc(C)cc1C.O=C1NCc2ccc(cc2)CNC(=O)c2cccc(n2)C(=O)NCC2CCC(CC2)CNC(=O)c2cccc1n2. The molecule has 3 fully saturated rings. The van der Waals surface area contributed by atoms with Crippen LogP contribution in [0.1, 0.15) is 172 Å². The number of Topliss-reactive ketones (excluding diaryl/α,β-unsaturated/α-hetero) is 1. The minimum absolute atomic E-state index is 0.113. The lowest BCUT2D eigenvalue weighted by molar-refractivity contribution is -0.501. The average molecular weight is 1350 g/mol. The van der Waals surface area contributed by atoms with Gasteiger partial charge in [0, 0.05) is 90.0 Å². The topological polar surface area (TPSA) is 241 Å². The number of carbonyl (C=O) groups excluding carboxylic acids is 7. The van der Waals surface area contributed by atoms with Gasteiger partial charge in [-0.05, 0) is 206 Å². The molecule has 4 atom stereocenters. The monoisotopic (exact) mass is 1340 g/mol. The summed E-state index contributed by atoms with van der Waals surface area (Å²) in [6, 6.07) is 37.2. The molecule has 4 aromatic carbocycles. The fourth-order valence-electron chi connectivity index (χ4n) is 14.2. The van der Waals surface area contributed by atoms with E-state index in [2.05, 4.69) is 118 Å². The summed E-state index contributed by atoms with van der Waals surface area (Å²) >= 11 is 0. The van der Waals surface area contributed by atoms with Gasteiger partial charge in [0.2, 0.25) is 11.4 Å². The second-order valence-corrected chi connectivity index (χ2v) is 27.3. The van der Waals surface area contributed by atoms with E-state index in [1.54, 1.807) is 50.2 Å². The Hall–Kier alpha value is -10.6. The summed E-state index contributed by atoms with van der Waals surface area (Å²) in [6.45, 7) is 20.9. The smallest absolute Gasteiger partial charge is 0.333 e. The molecule has 0 spiro atoms. The van der Waals surface area contributed by atoms with Crippen LogP contribution in [-0.2, 0) is 36.9 Å². The third kappa shape index (κ3) is 16.7. The third-order valence-electron chi connectivity index (χ3n) is 19.6. The molecule has 6 heterocycles. The first-order valence-electron chi connectivity index (χ1n) is 34.8. The molecule has 4 aliphatic heterocycles. The molecule has 2 aromatic heterocycles. The summed E-state index contributed by atoms with van der Waals surface area (Å²) in [5, 5.41) is 25.5. The molecular weight excluding hydrogens is 1260 g/mol. The number of ether oxygens (including phenoxy) is 2. The summed E-state index contributed by atoms with van der Waals surface area (Å²) in [6.07, 6.45) is 17.8. The second-order valence-electron chi connectivity index (χ2n) is 27.3. The van der Waals surface area contributed by atoms with E-state index in [0.29, 0.717) is 47.2 Å². The van der Waals surface area contributed by atoms with E-state index in [1.807, 2.05) is 72.8 Å². The summed E-state index contributed by atoms with van der Waals surface area (Å²) in [7, 11) is 0. The number of allylic oxidation sites excluding steroid dienone is 7. The maximum Gasteiger partial charge on any atom is 0.333 e. The zero-order valence-corrected chi connectivity index (χ0v) is 57.9. The number of rotatable bonds is 10. The highest BCUT2D eigenvalue weighted by Gasteiger charge is 2.41. The number of pyridine rings is 2. The minimum atomic E-state index is -0.388. The van der Waals surface area contributed by atoms with Gasteiger partial charge in [0.25, 0.3) is 23.6 Å². The maximum absolute atomic E-state index is 13.9. The van der Waals surface area contributed by atoms with Crippen molar-refractivity contribution in [2.45, 2.75) is 156 Å². The van der Waals surface area contributed by atoms with Gasteiger partial charge in [0.15, 0.2) is 17.9 Å². The van der Waals surface area contributed by atoms with E-state index < -0.39 is 0 Å². The summed E-state index contributed by atoms with van der Waals surface area (Å²) in [5.41, 5.74) is 13.0. The van der Waals surface area contributed by atoms with E-state index in [0.717, 1.165) is 133 Å². The van der Waals surface area contributed by atoms with Crippen LogP contribution in [0.4, 0.5) is 17.1 Å². The van der Waals surface area contributed by atoms with Crippen LogP contribution < -0.4 is 31.3 Å². The van der Waals surface area contributed by atoms with Gasteiger partial charge in [-0.3, -0.25) is 24.0 Å². The minimum Gasteiger partial charge on any atom is -0.871 e. The van der Waals surface area contributed by atoms with Gasteiger partial charge in [0.1, 0.15) is 28.9 Å². The van der Waals surface area contributed by atoms with Gasteiger partial charge in [-0.2, -0.15) is 4.58 Å². The molecule has 6 aromatic rings. The van der Waals surface area contributed by atoms with Crippen LogP contribution in [-0.4, -0.2) is 99.0 Å². The molecular formula is C82H88N8O10. The first-order valence-corrected chi connectivity index (χ1v) is 34.8. The summed E-state index contributed by atoms with van der Waals surface area (Å²) in [4.78, 5) is 101. The molecule has 4 unspecified atom stereocenters. The van der Waals surface area contributed by atoms with Crippen molar-refractivity contribution in [1.82, 2.24) is 31.2 Å². The van der Waals surface area contributed by atoms with Gasteiger partial charge >= 0.3 is 11.9 Å². The predicted octanol–water partition coefficient (Wildman–Crippen LogP) is 12.4. The number of ketones is 1. The molecule has 18 heteroatoms. The van der Waals surface area contributed by atoms with Crippen LogP contribution in [0.5, 0.6) is 0 Å². The summed E-state index contributed by atoms with van der Waals surface area (Å²) in [5.74, 6) is -2.01. The fraction of sp³-hybridized carbons (Fsp3) is 0.341. The van der Waals surface area contributed by atoms with Crippen LogP contribution >= 0.6 is 0 Å². The van der Waals surface area contributed by atoms with E-state index >= 15 is 0 Å². The van der Waals surface area contributed by atoms with E-state index in [4.69, 9.17) is 9.47 Å². The van der Waals surface area contributed by atoms with Crippen LogP contribution in [0, 0.1) is 39.5 Å². The number of aryl methyl sites for hydroxylation is 4. The Morgan fingerprint density at radius 1 is 0.530 bits per heavy atom. The largest absolute Gasteiger partial charge is 0.871 e. The van der Waals surface area contributed by atoms with Crippen molar-refractivity contribution in [3.8, 4) is 0 Å². The standard InChI is InChI=1S/C52H56N2O6.C30H32N6O4/c1-31(2)51(57)59-45-15-11-9-13-43(45)53(41-27-17-33(5)29-35(41)7)39-23-19-37(20-24-39)47-49(55)48(50(47)56)38-21-25-40(26-22-38)54(42-28-18-34(6)30-36(42)8)44-14-10-12-16-46(44)60-52(58)32(3)4;37-27-23-3-1-4-24(35-23)28(38)32-16-20-9-13-22(14-10-20)18-34-30(40)26-6-2-5-25(36-26)29(39)33-17-21-11-7-19(8-12-21)15-31-27/h17-30,43-46H,1,3,9-16H2,2,4-8H3;1-8,11-12,20,22H,9-10,13-18H2,(H,31,37)(H,32,38)(H,33,39)(H,34,40). The Morgan fingerprint density at radius 3 is 1.50 bits per heavy atom. The highest BCUT2D eigenvalue weighted by molar-refractivity contribution is 6.39. The first-order chi connectivity index (χ1) is 48.2. The number of nitrogens with zero attached hydrogens (tertiary/aromatic N) is 4. The lowest BCUT2D eigenvalue weighted by atomic mass is 9.80. The zero-order valence-electron chi connectivity index (χ0n) is 57.9. The number of hydrogen-bond donors (Lipinski definition) is 4. The molecule has 0 radical (unpaired) electrons. The molecule has 0 saturated heterocycles. The molecule has 100 heavy (non-hydrogen) atoms. The molecule has 15 rings (SSSR count). The highest BCUT2D eigenvalue weighted by Crippen LogP contribution is 2.42. The van der Waals surface area contributed by atoms with Gasteiger partial charge in [-0.15, -0.1) is 0 Å². The quantitative estimate of drug-likeness (QED) is 0.0567. The van der Waals surface area contributed by atoms with Crippen molar-refractivity contribution in [2.75, 3.05) is 18.0 Å². The van der Waals surface area contributed by atoms with E-state index in [1.165, 1.54) is 0 Å². The fourth-order valence-corrected chi connectivity index (χ4v) is 14.2. The van der Waals surface area contributed by atoms with Crippen molar-refractivity contribution in [1.29, 1.82) is 0 Å². The number of nitrogens with one attached hydrogen (secondary N) is 4.